The van der Waals surface area contributed by atoms with Crippen LogP contribution in [0.5, 0.6) is 0 Å². The van der Waals surface area contributed by atoms with Gasteiger partial charge in [-0.25, -0.2) is 4.39 Å². The topological polar surface area (TPSA) is 64.9 Å². The van der Waals surface area contributed by atoms with E-state index in [1.54, 1.807) is 18.2 Å². The maximum Gasteiger partial charge on any atom is 0.268 e. The van der Waals surface area contributed by atoms with Gasteiger partial charge in [0.25, 0.3) is 5.89 Å². The standard InChI is InChI=1S/C15H14FN3OS/c1-15(2,9-3-5-10(16)6-4-9)14-18-13(20-19-14)11-7-8-12(17)21-11/h3-8H,17H2,1-2H3. The zero-order valence-electron chi connectivity index (χ0n) is 11.6. The van der Waals surface area contributed by atoms with E-state index in [1.807, 2.05) is 19.9 Å². The highest BCUT2D eigenvalue weighted by molar-refractivity contribution is 7.19. The minimum atomic E-state index is -0.474. The van der Waals surface area contributed by atoms with E-state index in [9.17, 15) is 4.39 Å². The molecule has 4 nitrogen and oxygen atoms in total. The van der Waals surface area contributed by atoms with Crippen LogP contribution in [-0.4, -0.2) is 10.1 Å². The number of thiophene rings is 1. The van der Waals surface area contributed by atoms with Crippen molar-refractivity contribution in [3.8, 4) is 10.8 Å². The molecule has 6 heteroatoms. The first-order valence-electron chi connectivity index (χ1n) is 6.43. The van der Waals surface area contributed by atoms with Crippen molar-refractivity contribution in [1.29, 1.82) is 0 Å². The van der Waals surface area contributed by atoms with Crippen molar-refractivity contribution < 1.29 is 8.91 Å². The van der Waals surface area contributed by atoms with Crippen molar-refractivity contribution >= 4 is 16.3 Å². The molecule has 0 spiro atoms. The second kappa shape index (κ2) is 4.96. The first-order valence-corrected chi connectivity index (χ1v) is 7.24. The minimum Gasteiger partial charge on any atom is -0.391 e. The number of nitrogens with two attached hydrogens (primary N) is 1. The van der Waals surface area contributed by atoms with E-state index >= 15 is 0 Å². The molecule has 0 aliphatic rings. The van der Waals surface area contributed by atoms with Crippen molar-refractivity contribution in [2.75, 3.05) is 5.73 Å². The number of rotatable bonds is 3. The van der Waals surface area contributed by atoms with Crippen LogP contribution >= 0.6 is 11.3 Å². The molecule has 0 atom stereocenters. The second-order valence-corrected chi connectivity index (χ2v) is 6.37. The van der Waals surface area contributed by atoms with E-state index < -0.39 is 5.41 Å². The normalized spacial score (nSPS) is 11.8. The lowest BCUT2D eigenvalue weighted by atomic mass is 9.84. The van der Waals surface area contributed by atoms with Gasteiger partial charge in [-0.15, -0.1) is 11.3 Å². The lowest BCUT2D eigenvalue weighted by Crippen LogP contribution is -2.20. The molecule has 0 radical (unpaired) electrons. The molecule has 2 heterocycles. The third-order valence-electron chi connectivity index (χ3n) is 3.39. The van der Waals surface area contributed by atoms with Crippen LogP contribution in [-0.2, 0) is 5.41 Å². The number of benzene rings is 1. The van der Waals surface area contributed by atoms with E-state index in [0.29, 0.717) is 16.7 Å². The minimum absolute atomic E-state index is 0.266. The fourth-order valence-electron chi connectivity index (χ4n) is 2.04. The number of aromatic nitrogens is 2. The van der Waals surface area contributed by atoms with Crippen LogP contribution in [0.2, 0.25) is 0 Å². The molecule has 0 unspecified atom stereocenters. The van der Waals surface area contributed by atoms with Crippen LogP contribution in [0.1, 0.15) is 25.2 Å². The van der Waals surface area contributed by atoms with Gasteiger partial charge in [0, 0.05) is 0 Å². The Morgan fingerprint density at radius 3 is 2.48 bits per heavy atom. The second-order valence-electron chi connectivity index (χ2n) is 5.26. The molecule has 2 N–H and O–H groups in total. The van der Waals surface area contributed by atoms with Crippen LogP contribution < -0.4 is 5.73 Å². The molecule has 2 aromatic heterocycles. The van der Waals surface area contributed by atoms with Gasteiger partial charge in [0.15, 0.2) is 5.82 Å². The van der Waals surface area contributed by atoms with Crippen LogP contribution in [0.3, 0.4) is 0 Å². The van der Waals surface area contributed by atoms with Gasteiger partial charge in [0.05, 0.1) is 15.3 Å². The third kappa shape index (κ3) is 2.54. The molecule has 3 rings (SSSR count). The fraction of sp³-hybridized carbons (Fsp3) is 0.200. The molecular formula is C15H14FN3OS. The third-order valence-corrected chi connectivity index (χ3v) is 4.29. The van der Waals surface area contributed by atoms with Crippen molar-refractivity contribution in [3.63, 3.8) is 0 Å². The van der Waals surface area contributed by atoms with Gasteiger partial charge in [-0.1, -0.05) is 17.3 Å². The zero-order valence-corrected chi connectivity index (χ0v) is 12.4. The monoisotopic (exact) mass is 303 g/mol. The molecule has 0 saturated heterocycles. The Kier molecular flexibility index (Phi) is 3.25. The number of nitrogen functional groups attached to an aromatic ring is 1. The van der Waals surface area contributed by atoms with Gasteiger partial charge in [-0.3, -0.25) is 0 Å². The van der Waals surface area contributed by atoms with Gasteiger partial charge in [-0.05, 0) is 43.7 Å². The molecule has 108 valence electrons. The van der Waals surface area contributed by atoms with Crippen molar-refractivity contribution in [1.82, 2.24) is 10.1 Å². The Morgan fingerprint density at radius 2 is 1.86 bits per heavy atom. The maximum absolute atomic E-state index is 13.0. The Bertz CT molecular complexity index is 761. The van der Waals surface area contributed by atoms with Gasteiger partial charge in [0.2, 0.25) is 0 Å². The maximum atomic E-state index is 13.0. The first kappa shape index (κ1) is 13.8. The van der Waals surface area contributed by atoms with E-state index in [2.05, 4.69) is 10.1 Å². The summed E-state index contributed by atoms with van der Waals surface area (Å²) < 4.78 is 18.4. The number of hydrogen-bond donors (Lipinski definition) is 1. The van der Waals surface area contributed by atoms with E-state index in [4.69, 9.17) is 10.3 Å². The van der Waals surface area contributed by atoms with Crippen molar-refractivity contribution in [2.24, 2.45) is 0 Å². The van der Waals surface area contributed by atoms with E-state index in [0.717, 1.165) is 10.4 Å². The largest absolute Gasteiger partial charge is 0.391 e. The van der Waals surface area contributed by atoms with Gasteiger partial charge in [0.1, 0.15) is 5.82 Å². The Hall–Kier alpha value is -2.21. The van der Waals surface area contributed by atoms with Crippen LogP contribution in [0.4, 0.5) is 9.39 Å². The molecule has 0 bridgehead atoms. The fourth-order valence-corrected chi connectivity index (χ4v) is 2.74. The van der Waals surface area contributed by atoms with E-state index in [1.165, 1.54) is 23.5 Å². The quantitative estimate of drug-likeness (QED) is 0.798. The highest BCUT2D eigenvalue weighted by atomic mass is 32.1. The highest BCUT2D eigenvalue weighted by Gasteiger charge is 2.29. The molecule has 0 saturated carbocycles. The summed E-state index contributed by atoms with van der Waals surface area (Å²) in [5.41, 5.74) is 6.15. The molecule has 0 aliphatic carbocycles. The molecular weight excluding hydrogens is 289 g/mol. The smallest absolute Gasteiger partial charge is 0.268 e. The van der Waals surface area contributed by atoms with Crippen LogP contribution in [0, 0.1) is 5.82 Å². The molecule has 0 fully saturated rings. The number of halogens is 1. The highest BCUT2D eigenvalue weighted by Crippen LogP contribution is 2.33. The predicted molar refractivity (Wildman–Crippen MR) is 80.6 cm³/mol. The first-order chi connectivity index (χ1) is 9.96. The van der Waals surface area contributed by atoms with Gasteiger partial charge >= 0.3 is 0 Å². The van der Waals surface area contributed by atoms with Gasteiger partial charge < -0.3 is 10.3 Å². The number of hydrogen-bond acceptors (Lipinski definition) is 5. The summed E-state index contributed by atoms with van der Waals surface area (Å²) in [6, 6.07) is 9.97. The zero-order chi connectivity index (χ0) is 15.0. The summed E-state index contributed by atoms with van der Waals surface area (Å²) in [6.07, 6.45) is 0. The molecule has 1 aromatic carbocycles. The number of nitrogens with zero attached hydrogens (tertiary/aromatic N) is 2. The van der Waals surface area contributed by atoms with E-state index in [-0.39, 0.29) is 5.82 Å². The Labute approximate surface area is 125 Å². The molecule has 21 heavy (non-hydrogen) atoms. The molecule has 0 aliphatic heterocycles. The lowest BCUT2D eigenvalue weighted by molar-refractivity contribution is 0.408. The average molecular weight is 303 g/mol. The summed E-state index contributed by atoms with van der Waals surface area (Å²) in [6.45, 7) is 3.94. The molecule has 0 amide bonds. The summed E-state index contributed by atoms with van der Waals surface area (Å²) in [5.74, 6) is 0.732. The van der Waals surface area contributed by atoms with Crippen LogP contribution in [0.25, 0.3) is 10.8 Å². The Balaban J connectivity index is 1.96. The van der Waals surface area contributed by atoms with Gasteiger partial charge in [-0.2, -0.15) is 4.98 Å². The predicted octanol–water partition coefficient (Wildman–Crippen LogP) is 3.85. The van der Waals surface area contributed by atoms with Crippen molar-refractivity contribution in [3.05, 3.63) is 53.6 Å². The van der Waals surface area contributed by atoms with Crippen LogP contribution in [0.15, 0.2) is 40.9 Å². The SMILES string of the molecule is CC(C)(c1ccc(F)cc1)c1noc(-c2ccc(N)s2)n1. The number of anilines is 1. The average Bonchev–Trinajstić information content (AvgIpc) is 3.08. The summed E-state index contributed by atoms with van der Waals surface area (Å²) in [7, 11) is 0. The molecule has 3 aromatic rings. The lowest BCUT2D eigenvalue weighted by Gasteiger charge is -2.20. The summed E-state index contributed by atoms with van der Waals surface area (Å²) in [5, 5.41) is 4.76. The summed E-state index contributed by atoms with van der Waals surface area (Å²) in [4.78, 5) is 5.28. The Morgan fingerprint density at radius 1 is 1.14 bits per heavy atom. The van der Waals surface area contributed by atoms with Crippen molar-refractivity contribution in [2.45, 2.75) is 19.3 Å². The summed E-state index contributed by atoms with van der Waals surface area (Å²) >= 11 is 1.39.